The lowest BCUT2D eigenvalue weighted by Crippen LogP contribution is -2.14. The summed E-state index contributed by atoms with van der Waals surface area (Å²) in [5, 5.41) is 13.7. The van der Waals surface area contributed by atoms with Crippen molar-refractivity contribution in [3.8, 4) is 39.5 Å². The Labute approximate surface area is 373 Å². The van der Waals surface area contributed by atoms with Crippen molar-refractivity contribution in [2.75, 3.05) is 0 Å². The third-order valence-electron chi connectivity index (χ3n) is 14.8. The SMILES string of the molecule is CC1(C)c2ccccc2-c2cc(-c3nc(-c4ccc(-n5c6c7ccccc7ccc6c6c7c8cccc9c%10ccccc%10n(c98)c7c7ccccc7c65)cc4)nc4ccccc34)ccc21. The van der Waals surface area contributed by atoms with E-state index < -0.39 is 0 Å². The maximum absolute atomic E-state index is 5.41. The highest BCUT2D eigenvalue weighted by molar-refractivity contribution is 6.40. The van der Waals surface area contributed by atoms with Crippen molar-refractivity contribution < 1.29 is 0 Å². The number of fused-ring (bicyclic) bond motifs is 19. The van der Waals surface area contributed by atoms with Crippen LogP contribution in [0.15, 0.2) is 194 Å². The van der Waals surface area contributed by atoms with Gasteiger partial charge in [-0.1, -0.05) is 166 Å². The second-order valence-electron chi connectivity index (χ2n) is 18.5. The molecule has 0 unspecified atom stereocenters. The minimum absolute atomic E-state index is 0.0607. The van der Waals surface area contributed by atoms with Crippen molar-refractivity contribution >= 4 is 92.3 Å². The Hall–Kier alpha value is -8.34. The molecule has 0 spiro atoms. The van der Waals surface area contributed by atoms with Crippen LogP contribution in [0.1, 0.15) is 25.0 Å². The minimum atomic E-state index is -0.0607. The standard InChI is InChI=1S/C61H38N4/c1-61(2)49-23-10-7-16-40(49)48-34-37(29-33-50(48)61)55-45-20-8-11-24-51(45)62-60(63-55)36-26-30-38(31-27-36)64-56-39-15-4-3-14-35(39)28-32-47(56)54-53-46-22-13-21-42-41-17-9-12-25-52(41)65(57(42)46)59(53)44-19-6-5-18-43(44)58(54)64/h3-34H,1-2H3. The Morgan fingerprint density at radius 1 is 0.400 bits per heavy atom. The topological polar surface area (TPSA) is 35.1 Å². The molecule has 10 aromatic carbocycles. The predicted octanol–water partition coefficient (Wildman–Crippen LogP) is 15.8. The van der Waals surface area contributed by atoms with Crippen molar-refractivity contribution in [3.63, 3.8) is 0 Å². The Kier molecular flexibility index (Phi) is 6.72. The molecule has 0 fully saturated rings. The number of aromatic nitrogens is 4. The van der Waals surface area contributed by atoms with Gasteiger partial charge in [0.05, 0.1) is 38.8 Å². The molecule has 0 radical (unpaired) electrons. The molecule has 15 rings (SSSR count). The molecule has 0 saturated heterocycles. The number of benzene rings is 10. The second kappa shape index (κ2) is 12.4. The van der Waals surface area contributed by atoms with E-state index in [-0.39, 0.29) is 5.41 Å². The fourth-order valence-corrected chi connectivity index (χ4v) is 12.0. The van der Waals surface area contributed by atoms with E-state index in [9.17, 15) is 0 Å². The zero-order valence-corrected chi connectivity index (χ0v) is 35.8. The van der Waals surface area contributed by atoms with Gasteiger partial charge in [-0.2, -0.15) is 0 Å². The van der Waals surface area contributed by atoms with Crippen molar-refractivity contribution in [3.05, 3.63) is 205 Å². The van der Waals surface area contributed by atoms with Gasteiger partial charge in [0, 0.05) is 76.1 Å². The number of para-hydroxylation sites is 3. The zero-order valence-electron chi connectivity index (χ0n) is 35.8. The Balaban J connectivity index is 0.984. The summed E-state index contributed by atoms with van der Waals surface area (Å²) >= 11 is 0. The van der Waals surface area contributed by atoms with Crippen molar-refractivity contribution in [2.45, 2.75) is 19.3 Å². The van der Waals surface area contributed by atoms with Crippen LogP contribution >= 0.6 is 0 Å². The quantitative estimate of drug-likeness (QED) is 0.178. The molecule has 4 heteroatoms. The molecule has 1 aliphatic rings. The van der Waals surface area contributed by atoms with Gasteiger partial charge in [0.2, 0.25) is 0 Å². The van der Waals surface area contributed by atoms with Crippen LogP contribution in [-0.2, 0) is 5.41 Å². The van der Waals surface area contributed by atoms with E-state index in [0.717, 1.165) is 33.4 Å². The van der Waals surface area contributed by atoms with Gasteiger partial charge in [-0.3, -0.25) is 0 Å². The van der Waals surface area contributed by atoms with Gasteiger partial charge in [-0.25, -0.2) is 9.97 Å². The molecule has 4 nitrogen and oxygen atoms in total. The predicted molar refractivity (Wildman–Crippen MR) is 272 cm³/mol. The maximum atomic E-state index is 5.41. The second-order valence-corrected chi connectivity index (χ2v) is 18.5. The monoisotopic (exact) mass is 826 g/mol. The van der Waals surface area contributed by atoms with Gasteiger partial charge in [0.25, 0.3) is 0 Å². The molecule has 65 heavy (non-hydrogen) atoms. The highest BCUT2D eigenvalue weighted by atomic mass is 15.0. The van der Waals surface area contributed by atoms with Crippen LogP contribution in [0.5, 0.6) is 0 Å². The molecule has 0 saturated carbocycles. The Bertz CT molecular complexity index is 4370. The van der Waals surface area contributed by atoms with E-state index in [1.807, 2.05) is 0 Å². The largest absolute Gasteiger partial charge is 0.308 e. The van der Waals surface area contributed by atoms with Crippen LogP contribution in [0.4, 0.5) is 0 Å². The third kappa shape index (κ3) is 4.50. The number of nitrogens with zero attached hydrogens (tertiary/aromatic N) is 4. The van der Waals surface area contributed by atoms with Crippen LogP contribution in [0.3, 0.4) is 0 Å². The summed E-state index contributed by atoms with van der Waals surface area (Å²) in [6, 6.07) is 71.3. The molecule has 0 atom stereocenters. The minimum Gasteiger partial charge on any atom is -0.308 e. The smallest absolute Gasteiger partial charge is 0.160 e. The molecule has 0 aliphatic heterocycles. The normalized spacial score (nSPS) is 13.5. The molecular weight excluding hydrogens is 789 g/mol. The van der Waals surface area contributed by atoms with Gasteiger partial charge in [-0.15, -0.1) is 0 Å². The van der Waals surface area contributed by atoms with E-state index in [2.05, 4.69) is 217 Å². The molecule has 0 amide bonds. The van der Waals surface area contributed by atoms with Crippen molar-refractivity contribution in [2.24, 2.45) is 0 Å². The van der Waals surface area contributed by atoms with E-state index in [1.54, 1.807) is 0 Å². The molecule has 302 valence electrons. The lowest BCUT2D eigenvalue weighted by atomic mass is 9.82. The van der Waals surface area contributed by atoms with Crippen LogP contribution in [-0.4, -0.2) is 18.9 Å². The highest BCUT2D eigenvalue weighted by Gasteiger charge is 2.35. The van der Waals surface area contributed by atoms with E-state index in [0.29, 0.717) is 5.82 Å². The number of rotatable bonds is 3. The Morgan fingerprint density at radius 3 is 1.88 bits per heavy atom. The summed E-state index contributed by atoms with van der Waals surface area (Å²) in [4.78, 5) is 10.6. The van der Waals surface area contributed by atoms with Gasteiger partial charge in [0.15, 0.2) is 5.82 Å². The molecule has 0 N–H and O–H groups in total. The average Bonchev–Trinajstić information content (AvgIpc) is 4.07. The molecule has 4 heterocycles. The zero-order chi connectivity index (χ0) is 42.7. The summed E-state index contributed by atoms with van der Waals surface area (Å²) in [5.74, 6) is 0.713. The van der Waals surface area contributed by atoms with Gasteiger partial charge < -0.3 is 8.97 Å². The van der Waals surface area contributed by atoms with Crippen LogP contribution in [0.25, 0.3) is 132 Å². The lowest BCUT2D eigenvalue weighted by Gasteiger charge is -2.21. The third-order valence-corrected chi connectivity index (χ3v) is 14.8. The molecule has 0 bridgehead atoms. The first-order valence-corrected chi connectivity index (χ1v) is 22.6. The van der Waals surface area contributed by atoms with Crippen molar-refractivity contribution in [1.82, 2.24) is 18.9 Å². The first kappa shape index (κ1) is 35.2. The molecular formula is C61H38N4. The maximum Gasteiger partial charge on any atom is 0.160 e. The van der Waals surface area contributed by atoms with Crippen LogP contribution in [0.2, 0.25) is 0 Å². The Morgan fingerprint density at radius 2 is 1.02 bits per heavy atom. The number of hydrogen-bond donors (Lipinski definition) is 0. The first-order chi connectivity index (χ1) is 32.0. The first-order valence-electron chi connectivity index (χ1n) is 22.6. The van der Waals surface area contributed by atoms with Gasteiger partial charge >= 0.3 is 0 Å². The summed E-state index contributed by atoms with van der Waals surface area (Å²) in [7, 11) is 0. The summed E-state index contributed by atoms with van der Waals surface area (Å²) in [6.07, 6.45) is 0. The molecule has 14 aromatic rings. The average molecular weight is 827 g/mol. The van der Waals surface area contributed by atoms with E-state index >= 15 is 0 Å². The van der Waals surface area contributed by atoms with E-state index in [4.69, 9.17) is 9.97 Å². The summed E-state index contributed by atoms with van der Waals surface area (Å²) in [5.41, 5.74) is 16.5. The summed E-state index contributed by atoms with van der Waals surface area (Å²) < 4.78 is 5.07. The van der Waals surface area contributed by atoms with Crippen LogP contribution in [0, 0.1) is 0 Å². The fraction of sp³-hybridized carbons (Fsp3) is 0.0492. The fourth-order valence-electron chi connectivity index (χ4n) is 12.0. The van der Waals surface area contributed by atoms with E-state index in [1.165, 1.54) is 104 Å². The molecule has 1 aliphatic carbocycles. The lowest BCUT2D eigenvalue weighted by molar-refractivity contribution is 0.660. The molecule has 4 aromatic heterocycles. The summed E-state index contributed by atoms with van der Waals surface area (Å²) in [6.45, 7) is 4.66. The van der Waals surface area contributed by atoms with Gasteiger partial charge in [-0.05, 0) is 70.1 Å². The van der Waals surface area contributed by atoms with Crippen LogP contribution < -0.4 is 0 Å². The van der Waals surface area contributed by atoms with Gasteiger partial charge in [0.1, 0.15) is 0 Å². The van der Waals surface area contributed by atoms with Crippen molar-refractivity contribution in [1.29, 1.82) is 0 Å². The number of hydrogen-bond acceptors (Lipinski definition) is 2. The highest BCUT2D eigenvalue weighted by Crippen LogP contribution is 2.51.